The molecule has 1 aromatic rings. The minimum atomic E-state index is 0.192. The van der Waals surface area contributed by atoms with Gasteiger partial charge in [0.05, 0.1) is 0 Å². The minimum absolute atomic E-state index is 0.192. The number of aromatic nitrogens is 1. The number of pyridine rings is 1. The molecule has 1 heterocycles. The summed E-state index contributed by atoms with van der Waals surface area (Å²) in [6.07, 6.45) is 3.72. The largest absolute Gasteiger partial charge is 0.313 e. The summed E-state index contributed by atoms with van der Waals surface area (Å²) < 4.78 is 1.03. The Morgan fingerprint density at radius 2 is 2.00 bits per heavy atom. The maximum atomic E-state index is 4.18. The molecule has 2 nitrogen and oxygen atoms in total. The summed E-state index contributed by atoms with van der Waals surface area (Å²) in [6, 6.07) is 2.44. The highest BCUT2D eigenvalue weighted by molar-refractivity contribution is 9.10. The van der Waals surface area contributed by atoms with Crippen LogP contribution in [0.15, 0.2) is 22.9 Å². The quantitative estimate of drug-likeness (QED) is 0.880. The molecule has 0 saturated heterocycles. The van der Waals surface area contributed by atoms with Gasteiger partial charge in [-0.1, -0.05) is 20.8 Å². The Bertz CT molecular complexity index is 304. The molecule has 0 aromatic carbocycles. The summed E-state index contributed by atoms with van der Waals surface area (Å²) in [7, 11) is 1.98. The molecule has 0 aliphatic heterocycles. The third kappa shape index (κ3) is 2.79. The fourth-order valence-corrected chi connectivity index (χ4v) is 2.07. The molecule has 14 heavy (non-hydrogen) atoms. The van der Waals surface area contributed by atoms with E-state index in [0.29, 0.717) is 6.04 Å². The van der Waals surface area contributed by atoms with Crippen molar-refractivity contribution in [2.24, 2.45) is 5.41 Å². The first kappa shape index (κ1) is 11.7. The molecule has 1 atom stereocenters. The highest BCUT2D eigenvalue weighted by atomic mass is 79.9. The van der Waals surface area contributed by atoms with Crippen molar-refractivity contribution in [1.82, 2.24) is 10.3 Å². The van der Waals surface area contributed by atoms with Crippen molar-refractivity contribution in [2.45, 2.75) is 26.8 Å². The Balaban J connectivity index is 3.01. The van der Waals surface area contributed by atoms with Crippen molar-refractivity contribution >= 4 is 15.9 Å². The molecule has 1 aromatic heterocycles. The van der Waals surface area contributed by atoms with Crippen LogP contribution >= 0.6 is 15.9 Å². The Hall–Kier alpha value is -0.410. The third-order valence-electron chi connectivity index (χ3n) is 2.21. The molecule has 1 rings (SSSR count). The van der Waals surface area contributed by atoms with Crippen LogP contribution in [-0.4, -0.2) is 12.0 Å². The number of nitrogens with zero attached hydrogens (tertiary/aromatic N) is 1. The number of halogens is 1. The molecule has 0 fully saturated rings. The third-order valence-corrected chi connectivity index (χ3v) is 2.65. The van der Waals surface area contributed by atoms with Gasteiger partial charge in [-0.25, -0.2) is 0 Å². The van der Waals surface area contributed by atoms with Crippen molar-refractivity contribution < 1.29 is 0 Å². The first-order valence-electron chi connectivity index (χ1n) is 4.73. The van der Waals surface area contributed by atoms with E-state index in [4.69, 9.17) is 0 Å². The van der Waals surface area contributed by atoms with Gasteiger partial charge < -0.3 is 5.32 Å². The number of nitrogens with one attached hydrogen (secondary N) is 1. The van der Waals surface area contributed by atoms with Gasteiger partial charge in [-0.3, -0.25) is 4.98 Å². The van der Waals surface area contributed by atoms with Gasteiger partial charge in [-0.2, -0.15) is 0 Å². The lowest BCUT2D eigenvalue weighted by Gasteiger charge is -2.30. The monoisotopic (exact) mass is 256 g/mol. The molecule has 3 heteroatoms. The summed E-state index contributed by atoms with van der Waals surface area (Å²) in [5.41, 5.74) is 1.41. The zero-order valence-electron chi connectivity index (χ0n) is 9.13. The van der Waals surface area contributed by atoms with E-state index in [9.17, 15) is 0 Å². The molecule has 0 amide bonds. The fourth-order valence-electron chi connectivity index (χ4n) is 1.69. The predicted octanol–water partition coefficient (Wildman–Crippen LogP) is 3.15. The lowest BCUT2D eigenvalue weighted by Crippen LogP contribution is -2.29. The Morgan fingerprint density at radius 1 is 1.36 bits per heavy atom. The average Bonchev–Trinajstić information content (AvgIpc) is 2.02. The number of hydrogen-bond donors (Lipinski definition) is 1. The topological polar surface area (TPSA) is 24.9 Å². The van der Waals surface area contributed by atoms with E-state index in [0.717, 1.165) is 4.47 Å². The Morgan fingerprint density at radius 3 is 2.43 bits per heavy atom. The molecule has 0 radical (unpaired) electrons. The van der Waals surface area contributed by atoms with Crippen LogP contribution in [0.25, 0.3) is 0 Å². The summed E-state index contributed by atoms with van der Waals surface area (Å²) in [4.78, 5) is 4.18. The second-order valence-corrected chi connectivity index (χ2v) is 5.44. The van der Waals surface area contributed by atoms with Crippen molar-refractivity contribution in [3.8, 4) is 0 Å². The van der Waals surface area contributed by atoms with Gasteiger partial charge in [0.15, 0.2) is 0 Å². The normalized spacial score (nSPS) is 14.1. The van der Waals surface area contributed by atoms with Crippen molar-refractivity contribution in [3.05, 3.63) is 28.5 Å². The van der Waals surface area contributed by atoms with Gasteiger partial charge in [0.2, 0.25) is 0 Å². The SMILES string of the molecule is CNC(c1cncc(Br)c1)C(C)(C)C. The molecular formula is C11H17BrN2. The lowest BCUT2D eigenvalue weighted by atomic mass is 9.83. The number of rotatable bonds is 2. The zero-order valence-corrected chi connectivity index (χ0v) is 10.7. The number of hydrogen-bond acceptors (Lipinski definition) is 2. The van der Waals surface area contributed by atoms with E-state index in [-0.39, 0.29) is 5.41 Å². The van der Waals surface area contributed by atoms with Gasteiger partial charge in [-0.05, 0) is 40.0 Å². The standard InChI is InChI=1S/C11H17BrN2/c1-11(2,3)10(13-4)8-5-9(12)7-14-6-8/h5-7,10,13H,1-4H3. The van der Waals surface area contributed by atoms with Crippen LogP contribution in [0.3, 0.4) is 0 Å². The molecular weight excluding hydrogens is 240 g/mol. The fraction of sp³-hybridized carbons (Fsp3) is 0.545. The van der Waals surface area contributed by atoms with E-state index in [1.165, 1.54) is 5.56 Å². The molecule has 78 valence electrons. The van der Waals surface area contributed by atoms with Crippen LogP contribution in [0.4, 0.5) is 0 Å². The average molecular weight is 257 g/mol. The van der Waals surface area contributed by atoms with Gasteiger partial charge >= 0.3 is 0 Å². The molecule has 0 aliphatic rings. The minimum Gasteiger partial charge on any atom is -0.313 e. The first-order chi connectivity index (χ1) is 6.45. The van der Waals surface area contributed by atoms with E-state index in [2.05, 4.69) is 53.1 Å². The van der Waals surface area contributed by atoms with Gasteiger partial charge in [0.25, 0.3) is 0 Å². The van der Waals surface area contributed by atoms with E-state index in [1.54, 1.807) is 6.20 Å². The van der Waals surface area contributed by atoms with E-state index >= 15 is 0 Å². The molecule has 0 saturated carbocycles. The molecule has 1 unspecified atom stereocenters. The van der Waals surface area contributed by atoms with Crippen molar-refractivity contribution in [3.63, 3.8) is 0 Å². The first-order valence-corrected chi connectivity index (χ1v) is 5.52. The van der Waals surface area contributed by atoms with Gasteiger partial charge in [0.1, 0.15) is 0 Å². The van der Waals surface area contributed by atoms with Crippen LogP contribution in [0.5, 0.6) is 0 Å². The van der Waals surface area contributed by atoms with Crippen molar-refractivity contribution in [1.29, 1.82) is 0 Å². The zero-order chi connectivity index (χ0) is 10.8. The second kappa shape index (κ2) is 4.41. The smallest absolute Gasteiger partial charge is 0.0410 e. The van der Waals surface area contributed by atoms with Crippen LogP contribution < -0.4 is 5.32 Å². The summed E-state index contributed by atoms with van der Waals surface area (Å²) in [5.74, 6) is 0. The molecule has 0 spiro atoms. The predicted molar refractivity (Wildman–Crippen MR) is 63.2 cm³/mol. The molecule has 1 N–H and O–H groups in total. The summed E-state index contributed by atoms with van der Waals surface area (Å²) in [5, 5.41) is 3.32. The maximum absolute atomic E-state index is 4.18. The lowest BCUT2D eigenvalue weighted by molar-refractivity contribution is 0.286. The van der Waals surface area contributed by atoms with Gasteiger partial charge in [-0.15, -0.1) is 0 Å². The van der Waals surface area contributed by atoms with E-state index in [1.807, 2.05) is 13.2 Å². The van der Waals surface area contributed by atoms with Gasteiger partial charge in [0, 0.05) is 22.9 Å². The van der Waals surface area contributed by atoms with Crippen molar-refractivity contribution in [2.75, 3.05) is 7.05 Å². The highest BCUT2D eigenvalue weighted by Crippen LogP contribution is 2.32. The Kier molecular flexibility index (Phi) is 3.67. The summed E-state index contributed by atoms with van der Waals surface area (Å²) in [6.45, 7) is 6.65. The van der Waals surface area contributed by atoms with Crippen LogP contribution in [0.2, 0.25) is 0 Å². The van der Waals surface area contributed by atoms with E-state index < -0.39 is 0 Å². The Labute approximate surface area is 94.3 Å². The van der Waals surface area contributed by atoms with Crippen LogP contribution in [-0.2, 0) is 0 Å². The highest BCUT2D eigenvalue weighted by Gasteiger charge is 2.24. The van der Waals surface area contributed by atoms with Crippen LogP contribution in [0.1, 0.15) is 32.4 Å². The molecule has 0 bridgehead atoms. The molecule has 0 aliphatic carbocycles. The van der Waals surface area contributed by atoms with Crippen LogP contribution in [0, 0.1) is 5.41 Å². The second-order valence-electron chi connectivity index (χ2n) is 4.52. The maximum Gasteiger partial charge on any atom is 0.0410 e. The summed E-state index contributed by atoms with van der Waals surface area (Å²) >= 11 is 3.44.